The van der Waals surface area contributed by atoms with Crippen LogP contribution >= 0.6 is 11.8 Å². The second-order valence-corrected chi connectivity index (χ2v) is 8.99. The Morgan fingerprint density at radius 1 is 1.16 bits per heavy atom. The third kappa shape index (κ3) is 3.62. The first-order chi connectivity index (χ1) is 15.5. The van der Waals surface area contributed by atoms with E-state index in [4.69, 9.17) is 4.98 Å². The van der Waals surface area contributed by atoms with E-state index in [0.717, 1.165) is 23.9 Å². The van der Waals surface area contributed by atoms with E-state index in [2.05, 4.69) is 40.1 Å². The van der Waals surface area contributed by atoms with Crippen LogP contribution in [0.1, 0.15) is 26.7 Å². The van der Waals surface area contributed by atoms with Crippen molar-refractivity contribution in [3.8, 4) is 0 Å². The van der Waals surface area contributed by atoms with Crippen molar-refractivity contribution in [3.63, 3.8) is 0 Å². The van der Waals surface area contributed by atoms with E-state index < -0.39 is 11.2 Å². The molecule has 0 bridgehead atoms. The summed E-state index contributed by atoms with van der Waals surface area (Å²) in [5, 5.41) is 1.32. The zero-order chi connectivity index (χ0) is 22.2. The Morgan fingerprint density at radius 3 is 2.78 bits per heavy atom. The summed E-state index contributed by atoms with van der Waals surface area (Å²) in [5.74, 6) is 0.363. The zero-order valence-electron chi connectivity index (χ0n) is 18.0. The minimum absolute atomic E-state index is 0.363. The fraction of sp³-hybridized carbons (Fsp3) is 0.304. The van der Waals surface area contributed by atoms with Gasteiger partial charge in [-0.15, -0.1) is 0 Å². The quantitative estimate of drug-likeness (QED) is 0.467. The van der Waals surface area contributed by atoms with Crippen molar-refractivity contribution in [2.75, 3.05) is 0 Å². The van der Waals surface area contributed by atoms with Gasteiger partial charge in [-0.25, -0.2) is 14.8 Å². The molecule has 1 atom stereocenters. The van der Waals surface area contributed by atoms with Gasteiger partial charge in [0.1, 0.15) is 0 Å². The Labute approximate surface area is 188 Å². The van der Waals surface area contributed by atoms with Crippen molar-refractivity contribution in [2.45, 2.75) is 50.1 Å². The van der Waals surface area contributed by atoms with Gasteiger partial charge in [0, 0.05) is 13.1 Å². The second-order valence-electron chi connectivity index (χ2n) is 8.03. The van der Waals surface area contributed by atoms with Gasteiger partial charge in [0.2, 0.25) is 0 Å². The largest absolute Gasteiger partial charge is 0.333 e. The number of nitrogens with one attached hydrogen (secondary N) is 2. The first-order valence-corrected chi connectivity index (χ1v) is 11.6. The number of allylic oxidation sites excluding steroid dienone is 4. The second kappa shape index (κ2) is 8.31. The van der Waals surface area contributed by atoms with Gasteiger partial charge >= 0.3 is 5.69 Å². The minimum Gasteiger partial charge on any atom is -0.333 e. The molecule has 3 aromatic heterocycles. The molecule has 1 aromatic carbocycles. The summed E-state index contributed by atoms with van der Waals surface area (Å²) in [6.45, 7) is 5.18. The number of H-pyrrole nitrogens is 2. The third-order valence-corrected chi connectivity index (χ3v) is 6.64. The third-order valence-electron chi connectivity index (χ3n) is 5.76. The van der Waals surface area contributed by atoms with Crippen LogP contribution < -0.4 is 11.2 Å². The number of imidazole rings is 2. The van der Waals surface area contributed by atoms with Crippen LogP contribution in [0.4, 0.5) is 0 Å². The molecule has 1 aliphatic rings. The van der Waals surface area contributed by atoms with Crippen LogP contribution in [0.3, 0.4) is 0 Å². The van der Waals surface area contributed by atoms with Gasteiger partial charge in [0.05, 0.1) is 11.0 Å². The van der Waals surface area contributed by atoms with Crippen LogP contribution in [-0.2, 0) is 13.1 Å². The summed E-state index contributed by atoms with van der Waals surface area (Å²) in [6, 6.07) is 7.82. The first-order valence-electron chi connectivity index (χ1n) is 10.8. The van der Waals surface area contributed by atoms with E-state index in [-0.39, 0.29) is 0 Å². The number of aromatic amines is 2. The fourth-order valence-electron chi connectivity index (χ4n) is 4.05. The van der Waals surface area contributed by atoms with Gasteiger partial charge in [0.15, 0.2) is 21.5 Å². The van der Waals surface area contributed by atoms with Gasteiger partial charge < -0.3 is 9.55 Å². The molecule has 2 N–H and O–H groups in total. The molecule has 8 nitrogen and oxygen atoms in total. The lowest BCUT2D eigenvalue weighted by Gasteiger charge is -2.19. The van der Waals surface area contributed by atoms with Crippen LogP contribution in [0, 0.1) is 5.92 Å². The van der Waals surface area contributed by atoms with Gasteiger partial charge in [-0.2, -0.15) is 0 Å². The Morgan fingerprint density at radius 2 is 2.00 bits per heavy atom. The molecule has 0 saturated carbocycles. The summed E-state index contributed by atoms with van der Waals surface area (Å²) in [6.07, 6.45) is 8.02. The number of hydrogen-bond donors (Lipinski definition) is 2. The summed E-state index contributed by atoms with van der Waals surface area (Å²) in [5.41, 5.74) is 3.01. The van der Waals surface area contributed by atoms with E-state index in [9.17, 15) is 9.59 Å². The average Bonchev–Trinajstić information content (AvgIpc) is 3.34. The molecule has 1 unspecified atom stereocenters. The molecule has 0 amide bonds. The molecule has 1 aliphatic carbocycles. The van der Waals surface area contributed by atoms with Gasteiger partial charge in [-0.05, 0) is 48.2 Å². The molecule has 32 heavy (non-hydrogen) atoms. The minimum atomic E-state index is -0.428. The monoisotopic (exact) mass is 448 g/mol. The lowest BCUT2D eigenvalue weighted by Crippen LogP contribution is -2.31. The molecular weight excluding hydrogens is 424 g/mol. The predicted octanol–water partition coefficient (Wildman–Crippen LogP) is 3.85. The van der Waals surface area contributed by atoms with Gasteiger partial charge in [0.25, 0.3) is 5.56 Å². The molecule has 0 spiro atoms. The van der Waals surface area contributed by atoms with E-state index in [1.165, 1.54) is 17.3 Å². The maximum absolute atomic E-state index is 12.9. The van der Waals surface area contributed by atoms with Crippen molar-refractivity contribution in [3.05, 3.63) is 68.9 Å². The van der Waals surface area contributed by atoms with Crippen molar-refractivity contribution >= 4 is 34.0 Å². The molecule has 3 heterocycles. The highest BCUT2D eigenvalue weighted by Crippen LogP contribution is 2.31. The van der Waals surface area contributed by atoms with Crippen LogP contribution in [0.15, 0.2) is 68.0 Å². The highest BCUT2D eigenvalue weighted by Gasteiger charge is 2.22. The van der Waals surface area contributed by atoms with Crippen LogP contribution in [0.5, 0.6) is 0 Å². The highest BCUT2D eigenvalue weighted by molar-refractivity contribution is 7.99. The Bertz CT molecular complexity index is 1450. The van der Waals surface area contributed by atoms with Crippen molar-refractivity contribution in [1.82, 2.24) is 29.1 Å². The molecule has 4 aromatic rings. The first kappa shape index (κ1) is 20.6. The van der Waals surface area contributed by atoms with Gasteiger partial charge in [-0.3, -0.25) is 14.3 Å². The molecule has 0 saturated heterocycles. The number of nitrogens with zero attached hydrogens (tertiary/aromatic N) is 4. The number of rotatable bonds is 6. The highest BCUT2D eigenvalue weighted by atomic mass is 32.2. The molecule has 5 rings (SSSR count). The molecule has 164 valence electrons. The lowest BCUT2D eigenvalue weighted by molar-refractivity contribution is 0.596. The van der Waals surface area contributed by atoms with E-state index in [1.54, 1.807) is 4.57 Å². The van der Waals surface area contributed by atoms with Crippen molar-refractivity contribution < 1.29 is 0 Å². The summed E-state index contributed by atoms with van der Waals surface area (Å²) in [7, 11) is 0. The molecular formula is C23H24N6O2S. The molecule has 0 fully saturated rings. The summed E-state index contributed by atoms with van der Waals surface area (Å²) in [4.78, 5) is 40.6. The average molecular weight is 449 g/mol. The fourth-order valence-corrected chi connectivity index (χ4v) is 4.93. The van der Waals surface area contributed by atoms with Gasteiger partial charge in [-0.1, -0.05) is 44.2 Å². The Hall–Kier alpha value is -3.33. The maximum atomic E-state index is 12.9. The van der Waals surface area contributed by atoms with Crippen LogP contribution in [-0.4, -0.2) is 29.1 Å². The topological polar surface area (TPSA) is 101 Å². The standard InChI is InChI=1S/C23H24N6O2S/c1-3-12-28-19-18(20(30)27-22(28)31)29(13-15-9-5-4-8-14(15)2)23(26-19)32-21-24-16-10-6-7-11-17(16)25-21/h4-7,9-11,14H,3,8,12-13H2,1-2H3,(H,24,25)(H,27,30,31). The number of para-hydroxylation sites is 2. The maximum Gasteiger partial charge on any atom is 0.330 e. The van der Waals surface area contributed by atoms with Crippen LogP contribution in [0.2, 0.25) is 0 Å². The Balaban J connectivity index is 1.69. The number of benzene rings is 1. The lowest BCUT2D eigenvalue weighted by atomic mass is 9.93. The van der Waals surface area contributed by atoms with E-state index in [1.807, 2.05) is 35.8 Å². The van der Waals surface area contributed by atoms with Crippen molar-refractivity contribution in [1.29, 1.82) is 0 Å². The molecule has 9 heteroatoms. The number of fused-ring (bicyclic) bond motifs is 2. The summed E-state index contributed by atoms with van der Waals surface area (Å²) < 4.78 is 3.47. The van der Waals surface area contributed by atoms with Crippen molar-refractivity contribution in [2.24, 2.45) is 5.92 Å². The normalized spacial score (nSPS) is 16.2. The number of hydrogen-bond acceptors (Lipinski definition) is 5. The SMILES string of the molecule is CCCn1c(=O)[nH]c(=O)c2c1nc(Sc1nc3ccccc3[nH]1)n2CC1=CC=CCC1C. The van der Waals surface area contributed by atoms with E-state index in [0.29, 0.717) is 40.5 Å². The smallest absolute Gasteiger partial charge is 0.330 e. The summed E-state index contributed by atoms with van der Waals surface area (Å²) >= 11 is 1.37. The molecule has 0 aliphatic heterocycles. The number of aromatic nitrogens is 6. The molecule has 0 radical (unpaired) electrons. The van der Waals surface area contributed by atoms with Crippen LogP contribution in [0.25, 0.3) is 22.2 Å². The predicted molar refractivity (Wildman–Crippen MR) is 126 cm³/mol. The Kier molecular flexibility index (Phi) is 5.34. The zero-order valence-corrected chi connectivity index (χ0v) is 18.8. The number of aryl methyl sites for hydroxylation is 1. The van der Waals surface area contributed by atoms with E-state index >= 15 is 0 Å².